The Balaban J connectivity index is 1.99. The second kappa shape index (κ2) is 6.05. The zero-order valence-electron chi connectivity index (χ0n) is 9.92. The minimum Gasteiger partial charge on any atom is -0.392 e. The van der Waals surface area contributed by atoms with Gasteiger partial charge in [0, 0.05) is 17.4 Å². The van der Waals surface area contributed by atoms with Gasteiger partial charge in [0.15, 0.2) is 5.03 Å². The molecule has 1 aromatic heterocycles. The van der Waals surface area contributed by atoms with Crippen LogP contribution in [0.4, 0.5) is 0 Å². The SMILES string of the molecule is O=S(=O)(NCC1CCCCS1)c1[nH]ncc1CO. The predicted molar refractivity (Wildman–Crippen MR) is 69.8 cm³/mol. The fourth-order valence-corrected chi connectivity index (χ4v) is 4.43. The first-order valence-corrected chi connectivity index (χ1v) is 8.41. The van der Waals surface area contributed by atoms with Crippen LogP contribution in [0.1, 0.15) is 24.8 Å². The van der Waals surface area contributed by atoms with Crippen molar-refractivity contribution in [1.29, 1.82) is 0 Å². The summed E-state index contributed by atoms with van der Waals surface area (Å²) in [6, 6.07) is 0. The molecule has 0 aromatic carbocycles. The van der Waals surface area contributed by atoms with E-state index >= 15 is 0 Å². The highest BCUT2D eigenvalue weighted by Gasteiger charge is 2.22. The molecule has 2 rings (SSSR count). The number of nitrogens with one attached hydrogen (secondary N) is 2. The van der Waals surface area contributed by atoms with Gasteiger partial charge in [0.1, 0.15) is 0 Å². The first-order chi connectivity index (χ1) is 8.63. The lowest BCUT2D eigenvalue weighted by Crippen LogP contribution is -2.32. The van der Waals surface area contributed by atoms with Crippen molar-refractivity contribution in [2.45, 2.75) is 36.1 Å². The Kier molecular flexibility index (Phi) is 4.66. The van der Waals surface area contributed by atoms with Crippen LogP contribution >= 0.6 is 11.8 Å². The Morgan fingerprint density at radius 2 is 2.39 bits per heavy atom. The molecule has 1 unspecified atom stereocenters. The van der Waals surface area contributed by atoms with Crippen molar-refractivity contribution in [2.24, 2.45) is 0 Å². The fraction of sp³-hybridized carbons (Fsp3) is 0.700. The second-order valence-electron chi connectivity index (χ2n) is 4.22. The first kappa shape index (κ1) is 13.9. The molecule has 0 spiro atoms. The number of aromatic nitrogens is 2. The molecule has 1 aliphatic rings. The van der Waals surface area contributed by atoms with E-state index in [9.17, 15) is 8.42 Å². The van der Waals surface area contributed by atoms with Crippen LogP contribution < -0.4 is 4.72 Å². The van der Waals surface area contributed by atoms with Crippen molar-refractivity contribution in [3.63, 3.8) is 0 Å². The number of nitrogens with zero attached hydrogens (tertiary/aromatic N) is 1. The highest BCUT2D eigenvalue weighted by atomic mass is 32.2. The largest absolute Gasteiger partial charge is 0.392 e. The van der Waals surface area contributed by atoms with Gasteiger partial charge in [0.05, 0.1) is 12.8 Å². The predicted octanol–water partition coefficient (Wildman–Crippen LogP) is 0.466. The fourth-order valence-electron chi connectivity index (χ4n) is 1.89. The third-order valence-electron chi connectivity index (χ3n) is 2.89. The van der Waals surface area contributed by atoms with E-state index in [2.05, 4.69) is 14.9 Å². The van der Waals surface area contributed by atoms with Crippen molar-refractivity contribution in [3.05, 3.63) is 11.8 Å². The van der Waals surface area contributed by atoms with Crippen LogP contribution in [0.2, 0.25) is 0 Å². The molecular weight excluding hydrogens is 274 g/mol. The van der Waals surface area contributed by atoms with Gasteiger partial charge < -0.3 is 5.11 Å². The Bertz CT molecular complexity index is 480. The average molecular weight is 291 g/mol. The maximum atomic E-state index is 12.0. The van der Waals surface area contributed by atoms with Gasteiger partial charge in [0.2, 0.25) is 0 Å². The standard InChI is InChI=1S/C10H17N3O3S2/c14-7-8-5-11-13-10(8)18(15,16)12-6-9-3-1-2-4-17-9/h5,9,12,14H,1-4,6-7H2,(H,11,13). The second-order valence-corrected chi connectivity index (χ2v) is 7.34. The molecule has 0 bridgehead atoms. The normalized spacial score (nSPS) is 21.1. The lowest BCUT2D eigenvalue weighted by atomic mass is 10.2. The Morgan fingerprint density at radius 1 is 1.56 bits per heavy atom. The van der Waals surface area contributed by atoms with E-state index in [0.717, 1.165) is 18.6 Å². The van der Waals surface area contributed by atoms with Gasteiger partial charge >= 0.3 is 0 Å². The van der Waals surface area contributed by atoms with E-state index in [1.165, 1.54) is 12.6 Å². The Hall–Kier alpha value is -0.570. The highest BCUT2D eigenvalue weighted by molar-refractivity contribution is 8.00. The molecule has 8 heteroatoms. The third-order valence-corrected chi connectivity index (χ3v) is 5.73. The number of sulfonamides is 1. The van der Waals surface area contributed by atoms with E-state index in [1.54, 1.807) is 0 Å². The summed E-state index contributed by atoms with van der Waals surface area (Å²) in [5.41, 5.74) is 0.291. The monoisotopic (exact) mass is 291 g/mol. The molecule has 1 atom stereocenters. The Labute approximate surface area is 111 Å². The molecular formula is C10H17N3O3S2. The summed E-state index contributed by atoms with van der Waals surface area (Å²) >= 11 is 1.81. The summed E-state index contributed by atoms with van der Waals surface area (Å²) in [5, 5.41) is 15.4. The number of thioether (sulfide) groups is 1. The van der Waals surface area contributed by atoms with Crippen LogP contribution in [0.15, 0.2) is 11.2 Å². The summed E-state index contributed by atoms with van der Waals surface area (Å²) in [6.45, 7) is 0.0851. The van der Waals surface area contributed by atoms with Crippen LogP contribution in [0.25, 0.3) is 0 Å². The van der Waals surface area contributed by atoms with Gasteiger partial charge in [-0.05, 0) is 18.6 Å². The van der Waals surface area contributed by atoms with Crippen molar-refractivity contribution in [2.75, 3.05) is 12.3 Å². The van der Waals surface area contributed by atoms with E-state index in [4.69, 9.17) is 5.11 Å². The number of rotatable bonds is 5. The summed E-state index contributed by atoms with van der Waals surface area (Å²) in [4.78, 5) is 0. The molecule has 0 amide bonds. The number of aromatic amines is 1. The minimum absolute atomic E-state index is 0.0363. The van der Waals surface area contributed by atoms with Gasteiger partial charge in [-0.3, -0.25) is 5.10 Å². The van der Waals surface area contributed by atoms with E-state index in [1.807, 2.05) is 11.8 Å². The van der Waals surface area contributed by atoms with E-state index in [-0.39, 0.29) is 11.6 Å². The lowest BCUT2D eigenvalue weighted by Gasteiger charge is -2.21. The minimum atomic E-state index is -3.60. The molecule has 1 fully saturated rings. The molecule has 0 radical (unpaired) electrons. The van der Waals surface area contributed by atoms with Crippen LogP contribution in [0.5, 0.6) is 0 Å². The first-order valence-electron chi connectivity index (χ1n) is 5.88. The van der Waals surface area contributed by atoms with Gasteiger partial charge in [-0.15, -0.1) is 0 Å². The molecule has 1 saturated heterocycles. The van der Waals surface area contributed by atoms with Gasteiger partial charge in [-0.2, -0.15) is 16.9 Å². The molecule has 6 nitrogen and oxygen atoms in total. The molecule has 2 heterocycles. The van der Waals surface area contributed by atoms with E-state index < -0.39 is 10.0 Å². The number of aliphatic hydroxyl groups is 1. The number of hydrogen-bond acceptors (Lipinski definition) is 5. The maximum absolute atomic E-state index is 12.0. The van der Waals surface area contributed by atoms with Crippen LogP contribution in [-0.2, 0) is 16.6 Å². The van der Waals surface area contributed by atoms with Crippen molar-refractivity contribution in [1.82, 2.24) is 14.9 Å². The Morgan fingerprint density at radius 3 is 3.06 bits per heavy atom. The summed E-state index contributed by atoms with van der Waals surface area (Å²) < 4.78 is 26.6. The quantitative estimate of drug-likeness (QED) is 0.733. The van der Waals surface area contributed by atoms with Gasteiger partial charge in [0.25, 0.3) is 10.0 Å². The van der Waals surface area contributed by atoms with Crippen molar-refractivity contribution >= 4 is 21.8 Å². The molecule has 3 N–H and O–H groups in total. The molecule has 1 aliphatic heterocycles. The van der Waals surface area contributed by atoms with Crippen LogP contribution in [0.3, 0.4) is 0 Å². The smallest absolute Gasteiger partial charge is 0.257 e. The topological polar surface area (TPSA) is 95.1 Å². The number of hydrogen-bond donors (Lipinski definition) is 3. The highest BCUT2D eigenvalue weighted by Crippen LogP contribution is 2.24. The third kappa shape index (κ3) is 3.25. The summed E-state index contributed by atoms with van der Waals surface area (Å²) in [7, 11) is -3.60. The van der Waals surface area contributed by atoms with Gasteiger partial charge in [-0.1, -0.05) is 6.42 Å². The van der Waals surface area contributed by atoms with Crippen LogP contribution in [-0.4, -0.2) is 41.3 Å². The zero-order valence-corrected chi connectivity index (χ0v) is 11.6. The zero-order chi connectivity index (χ0) is 13.0. The number of aliphatic hydroxyl groups excluding tert-OH is 1. The molecule has 0 saturated carbocycles. The average Bonchev–Trinajstić information content (AvgIpc) is 2.87. The van der Waals surface area contributed by atoms with E-state index in [0.29, 0.717) is 17.4 Å². The molecule has 0 aliphatic carbocycles. The van der Waals surface area contributed by atoms with Crippen molar-refractivity contribution in [3.8, 4) is 0 Å². The molecule has 102 valence electrons. The van der Waals surface area contributed by atoms with Gasteiger partial charge in [-0.25, -0.2) is 13.1 Å². The number of H-pyrrole nitrogens is 1. The molecule has 1 aromatic rings. The summed E-state index contributed by atoms with van der Waals surface area (Å²) in [6.07, 6.45) is 4.74. The summed E-state index contributed by atoms with van der Waals surface area (Å²) in [5.74, 6) is 1.10. The molecule has 18 heavy (non-hydrogen) atoms. The maximum Gasteiger partial charge on any atom is 0.257 e. The lowest BCUT2D eigenvalue weighted by molar-refractivity contribution is 0.278. The van der Waals surface area contributed by atoms with Crippen molar-refractivity contribution < 1.29 is 13.5 Å². The van der Waals surface area contributed by atoms with Crippen LogP contribution in [0, 0.1) is 0 Å².